The fourth-order valence-corrected chi connectivity index (χ4v) is 4.61. The predicted molar refractivity (Wildman–Crippen MR) is 128 cm³/mol. The Morgan fingerprint density at radius 1 is 0.844 bits per heavy atom. The van der Waals surface area contributed by atoms with Crippen LogP contribution in [-0.4, -0.2) is 33.6 Å². The van der Waals surface area contributed by atoms with E-state index >= 15 is 0 Å². The Bertz CT molecular complexity index is 1410. The minimum Gasteiger partial charge on any atom is -0.505 e. The van der Waals surface area contributed by atoms with E-state index in [1.54, 1.807) is 0 Å². The molecule has 32 heavy (non-hydrogen) atoms. The largest absolute Gasteiger partial charge is 0.505 e. The van der Waals surface area contributed by atoms with Gasteiger partial charge in [-0.05, 0) is 58.1 Å². The number of phenols is 1. The minimum atomic E-state index is -1.29. The van der Waals surface area contributed by atoms with Crippen LogP contribution in [0.2, 0.25) is 5.02 Å². The summed E-state index contributed by atoms with van der Waals surface area (Å²) in [6.07, 6.45) is 0. The summed E-state index contributed by atoms with van der Waals surface area (Å²) in [5.74, 6) is -2.52. The molecule has 0 bridgehead atoms. The average molecular weight is 562 g/mol. The molecular formula is C19H18BrClN4O5S2. The number of hydrogen-bond donors (Lipinski definition) is 3. The van der Waals surface area contributed by atoms with Gasteiger partial charge in [0.2, 0.25) is 11.8 Å². The van der Waals surface area contributed by atoms with E-state index in [2.05, 4.69) is 15.9 Å². The van der Waals surface area contributed by atoms with Gasteiger partial charge in [0.05, 0.1) is 26.5 Å². The number of phenolic OH excluding ortho intramolecular Hbond substituents is 1. The summed E-state index contributed by atoms with van der Waals surface area (Å²) in [5, 5.41) is 31.8. The van der Waals surface area contributed by atoms with Crippen LogP contribution in [-0.2, 0) is 28.2 Å². The Kier molecular flexibility index (Phi) is 6.44. The first-order valence-corrected chi connectivity index (χ1v) is 11.0. The van der Waals surface area contributed by atoms with E-state index in [1.807, 2.05) is 0 Å². The third-order valence-corrected chi connectivity index (χ3v) is 7.27. The van der Waals surface area contributed by atoms with Gasteiger partial charge in [0.25, 0.3) is 11.1 Å². The molecule has 0 aliphatic rings. The molecule has 2 aromatic heterocycles. The van der Waals surface area contributed by atoms with Gasteiger partial charge in [-0.2, -0.15) is 0 Å². The second-order valence-electron chi connectivity index (χ2n) is 7.15. The minimum absolute atomic E-state index is 0.0449. The molecule has 0 aliphatic carbocycles. The standard InChI is InChI=1S/C19H18BrClN4O5S2/c1-22-14(27)11(15(28)23(2)18(22)31)10(7-5-8(20)13(26)9(21)6-7)12-16(29)24(3)19(32)25(4)17(12)30/h5-6,10,26-27,29H,1-4H3. The van der Waals surface area contributed by atoms with Crippen molar-refractivity contribution in [3.05, 3.63) is 68.6 Å². The van der Waals surface area contributed by atoms with Crippen LogP contribution >= 0.6 is 52.0 Å². The normalized spacial score (nSPS) is 11.3. The summed E-state index contributed by atoms with van der Waals surface area (Å²) >= 11 is 19.7. The van der Waals surface area contributed by atoms with E-state index < -0.39 is 28.8 Å². The van der Waals surface area contributed by atoms with Crippen molar-refractivity contribution >= 4 is 52.0 Å². The summed E-state index contributed by atoms with van der Waals surface area (Å²) in [5.41, 5.74) is -1.55. The molecule has 3 aromatic rings. The Balaban J connectivity index is 2.63. The first-order chi connectivity index (χ1) is 14.8. The Hall–Kier alpha value is -2.41. The van der Waals surface area contributed by atoms with Crippen molar-refractivity contribution in [1.29, 1.82) is 0 Å². The van der Waals surface area contributed by atoms with Crippen LogP contribution in [0.3, 0.4) is 0 Å². The average Bonchev–Trinajstić information content (AvgIpc) is 2.75. The highest BCUT2D eigenvalue weighted by molar-refractivity contribution is 9.10. The van der Waals surface area contributed by atoms with Crippen LogP contribution in [0.15, 0.2) is 26.2 Å². The van der Waals surface area contributed by atoms with Crippen LogP contribution in [0.4, 0.5) is 0 Å². The Morgan fingerprint density at radius 2 is 1.25 bits per heavy atom. The summed E-state index contributed by atoms with van der Waals surface area (Å²) in [7, 11) is 5.77. The van der Waals surface area contributed by atoms with Crippen molar-refractivity contribution in [2.24, 2.45) is 28.2 Å². The summed E-state index contributed by atoms with van der Waals surface area (Å²) in [4.78, 5) is 26.5. The molecule has 0 aliphatic heterocycles. The molecule has 0 spiro atoms. The van der Waals surface area contributed by atoms with Gasteiger partial charge in [-0.1, -0.05) is 11.6 Å². The van der Waals surface area contributed by atoms with Crippen LogP contribution in [0, 0.1) is 9.54 Å². The van der Waals surface area contributed by atoms with Crippen molar-refractivity contribution in [2.75, 3.05) is 0 Å². The molecule has 9 nitrogen and oxygen atoms in total. The second-order valence-corrected chi connectivity index (χ2v) is 9.14. The Labute approximate surface area is 205 Å². The van der Waals surface area contributed by atoms with Gasteiger partial charge in [0, 0.05) is 28.2 Å². The number of hydrogen-bond acceptors (Lipinski definition) is 7. The number of halogens is 2. The van der Waals surface area contributed by atoms with Crippen LogP contribution in [0.1, 0.15) is 22.6 Å². The molecule has 3 N–H and O–H groups in total. The van der Waals surface area contributed by atoms with Gasteiger partial charge in [0.15, 0.2) is 9.54 Å². The molecule has 0 fully saturated rings. The lowest BCUT2D eigenvalue weighted by Gasteiger charge is -2.23. The predicted octanol–water partition coefficient (Wildman–Crippen LogP) is 2.93. The highest BCUT2D eigenvalue weighted by atomic mass is 79.9. The van der Waals surface area contributed by atoms with E-state index in [0.717, 1.165) is 9.13 Å². The first-order valence-electron chi connectivity index (χ1n) is 8.96. The van der Waals surface area contributed by atoms with E-state index in [-0.39, 0.29) is 41.5 Å². The Morgan fingerprint density at radius 3 is 1.62 bits per heavy atom. The van der Waals surface area contributed by atoms with Gasteiger partial charge >= 0.3 is 0 Å². The zero-order valence-electron chi connectivity index (χ0n) is 17.3. The molecule has 0 saturated carbocycles. The SMILES string of the molecule is Cn1c(O)c(C(c2cc(Cl)c(O)c(Br)c2)c2c(O)n(C)c(=S)n(C)c2=O)c(=O)n(C)c1=S. The van der Waals surface area contributed by atoms with Crippen LogP contribution in [0.25, 0.3) is 0 Å². The van der Waals surface area contributed by atoms with E-state index in [1.165, 1.54) is 49.5 Å². The lowest BCUT2D eigenvalue weighted by atomic mass is 9.86. The first kappa shape index (κ1) is 24.2. The van der Waals surface area contributed by atoms with Crippen molar-refractivity contribution in [1.82, 2.24) is 18.3 Å². The maximum Gasteiger partial charge on any atom is 0.262 e. The van der Waals surface area contributed by atoms with Gasteiger partial charge < -0.3 is 15.3 Å². The number of aromatic hydroxyl groups is 3. The van der Waals surface area contributed by atoms with Crippen molar-refractivity contribution in [2.45, 2.75) is 5.92 Å². The van der Waals surface area contributed by atoms with Gasteiger partial charge in [-0.3, -0.25) is 27.9 Å². The van der Waals surface area contributed by atoms with Crippen molar-refractivity contribution in [3.8, 4) is 17.5 Å². The third-order valence-electron chi connectivity index (χ3n) is 5.28. The molecule has 3 rings (SSSR count). The molecule has 13 heteroatoms. The number of aromatic nitrogens is 4. The molecule has 1 aromatic carbocycles. The quantitative estimate of drug-likeness (QED) is 0.421. The lowest BCUT2D eigenvalue weighted by molar-refractivity contribution is 0.395. The summed E-state index contributed by atoms with van der Waals surface area (Å²) < 4.78 is 4.96. The summed E-state index contributed by atoms with van der Waals surface area (Å²) in [6, 6.07) is 2.78. The molecule has 0 radical (unpaired) electrons. The van der Waals surface area contributed by atoms with E-state index in [9.17, 15) is 24.9 Å². The van der Waals surface area contributed by atoms with E-state index in [4.69, 9.17) is 36.0 Å². The zero-order valence-corrected chi connectivity index (χ0v) is 21.2. The second kappa shape index (κ2) is 8.50. The number of nitrogens with zero attached hydrogens (tertiary/aromatic N) is 4. The molecule has 0 atom stereocenters. The smallest absolute Gasteiger partial charge is 0.262 e. The third kappa shape index (κ3) is 3.60. The molecule has 0 amide bonds. The van der Waals surface area contributed by atoms with E-state index in [0.29, 0.717) is 0 Å². The molecular weight excluding hydrogens is 544 g/mol. The maximum atomic E-state index is 13.3. The monoisotopic (exact) mass is 560 g/mol. The van der Waals surface area contributed by atoms with Crippen molar-refractivity contribution in [3.63, 3.8) is 0 Å². The highest BCUT2D eigenvalue weighted by Crippen LogP contribution is 2.41. The number of rotatable bonds is 3. The fourth-order valence-electron chi connectivity index (χ4n) is 3.45. The number of benzene rings is 1. The van der Waals surface area contributed by atoms with Crippen LogP contribution < -0.4 is 11.1 Å². The molecule has 0 saturated heterocycles. The zero-order chi connectivity index (χ0) is 24.2. The topological polar surface area (TPSA) is 115 Å². The molecule has 2 heterocycles. The lowest BCUT2D eigenvalue weighted by Crippen LogP contribution is -2.33. The fraction of sp³-hybridized carbons (Fsp3) is 0.263. The van der Waals surface area contributed by atoms with Gasteiger partial charge in [-0.25, -0.2) is 0 Å². The van der Waals surface area contributed by atoms with Crippen molar-refractivity contribution < 1.29 is 15.3 Å². The highest BCUT2D eigenvalue weighted by Gasteiger charge is 2.33. The maximum absolute atomic E-state index is 13.3. The summed E-state index contributed by atoms with van der Waals surface area (Å²) in [6.45, 7) is 0. The molecule has 0 unspecified atom stereocenters. The van der Waals surface area contributed by atoms with Crippen LogP contribution in [0.5, 0.6) is 17.5 Å². The van der Waals surface area contributed by atoms with Gasteiger partial charge in [0.1, 0.15) is 5.75 Å². The van der Waals surface area contributed by atoms with Gasteiger partial charge in [-0.15, -0.1) is 0 Å². The molecule has 170 valence electrons.